The Balaban J connectivity index is 2.48. The van der Waals surface area contributed by atoms with Crippen LogP contribution < -0.4 is 0 Å². The average Bonchev–Trinajstić information content (AvgIpc) is 2.76. The van der Waals surface area contributed by atoms with E-state index in [9.17, 15) is 4.39 Å². The Labute approximate surface area is 85.8 Å². The first-order valence-corrected chi connectivity index (χ1v) is 4.80. The summed E-state index contributed by atoms with van der Waals surface area (Å²) >= 11 is 0. The zero-order valence-electron chi connectivity index (χ0n) is 8.00. The van der Waals surface area contributed by atoms with Gasteiger partial charge in [-0.25, -0.2) is 4.39 Å². The quantitative estimate of drug-likeness (QED) is 0.642. The van der Waals surface area contributed by atoms with E-state index in [1.807, 2.05) is 24.3 Å². The van der Waals surface area contributed by atoms with E-state index in [1.54, 1.807) is 12.3 Å². The lowest BCUT2D eigenvalue weighted by Crippen LogP contribution is -1.87. The summed E-state index contributed by atoms with van der Waals surface area (Å²) in [7, 11) is 0. The molecule has 2 nitrogen and oxygen atoms in total. The summed E-state index contributed by atoms with van der Waals surface area (Å²) in [5.74, 6) is 0. The smallest absolute Gasteiger partial charge is 0.129 e. The van der Waals surface area contributed by atoms with Crippen LogP contribution in [-0.2, 0) is 6.67 Å². The minimum Gasteiger partial charge on any atom is -0.356 e. The van der Waals surface area contributed by atoms with Crippen LogP contribution in [-0.4, -0.2) is 9.97 Å². The van der Waals surface area contributed by atoms with Crippen LogP contribution in [0.4, 0.5) is 4.39 Å². The highest BCUT2D eigenvalue weighted by atomic mass is 19.1. The van der Waals surface area contributed by atoms with E-state index in [0.717, 1.165) is 21.8 Å². The molecule has 0 spiro atoms. The number of benzene rings is 1. The van der Waals surface area contributed by atoms with Crippen molar-refractivity contribution in [2.75, 3.05) is 0 Å². The van der Waals surface area contributed by atoms with E-state index >= 15 is 0 Å². The lowest BCUT2D eigenvalue weighted by Gasteiger charge is -2.02. The third kappa shape index (κ3) is 1.20. The molecule has 0 radical (unpaired) electrons. The topological polar surface area (TPSA) is 28.7 Å². The van der Waals surface area contributed by atoms with Crippen LogP contribution in [0.25, 0.3) is 21.8 Å². The van der Waals surface area contributed by atoms with Gasteiger partial charge in [0.25, 0.3) is 0 Å². The van der Waals surface area contributed by atoms with E-state index < -0.39 is 6.67 Å². The van der Waals surface area contributed by atoms with Crippen molar-refractivity contribution >= 4 is 21.8 Å². The van der Waals surface area contributed by atoms with Gasteiger partial charge in [0.05, 0.1) is 11.0 Å². The number of halogens is 1. The molecule has 3 heteroatoms. The first-order valence-electron chi connectivity index (χ1n) is 4.80. The standard InChI is InChI=1S/C12H9FN2/c13-7-9-3-1-8-2-4-11-10(5-6-14-11)12(8)15-9/h1-6,15H,7H2. The molecule has 2 aromatic heterocycles. The van der Waals surface area contributed by atoms with Crippen LogP contribution in [0.1, 0.15) is 5.69 Å². The van der Waals surface area contributed by atoms with Crippen LogP contribution in [0.15, 0.2) is 36.5 Å². The highest BCUT2D eigenvalue weighted by Crippen LogP contribution is 2.23. The zero-order valence-corrected chi connectivity index (χ0v) is 8.00. The number of nitrogens with zero attached hydrogens (tertiary/aromatic N) is 1. The predicted octanol–water partition coefficient (Wildman–Crippen LogP) is 3.19. The van der Waals surface area contributed by atoms with Gasteiger partial charge in [-0.3, -0.25) is 4.98 Å². The number of pyridine rings is 1. The van der Waals surface area contributed by atoms with Crippen LogP contribution in [0.3, 0.4) is 0 Å². The van der Waals surface area contributed by atoms with Gasteiger partial charge >= 0.3 is 0 Å². The normalized spacial score (nSPS) is 11.3. The fourth-order valence-corrected chi connectivity index (χ4v) is 1.85. The molecule has 0 unspecified atom stereocenters. The monoisotopic (exact) mass is 200 g/mol. The van der Waals surface area contributed by atoms with Gasteiger partial charge in [-0.2, -0.15) is 0 Å². The van der Waals surface area contributed by atoms with Gasteiger partial charge in [-0.1, -0.05) is 12.1 Å². The van der Waals surface area contributed by atoms with E-state index in [1.165, 1.54) is 0 Å². The van der Waals surface area contributed by atoms with Crippen molar-refractivity contribution in [3.05, 3.63) is 42.2 Å². The van der Waals surface area contributed by atoms with Gasteiger partial charge in [0, 0.05) is 17.3 Å². The Morgan fingerprint density at radius 2 is 2.00 bits per heavy atom. The molecule has 1 N–H and O–H groups in total. The molecule has 1 aromatic carbocycles. The average molecular weight is 200 g/mol. The molecule has 0 saturated heterocycles. The van der Waals surface area contributed by atoms with Crippen LogP contribution in [0, 0.1) is 0 Å². The molecule has 3 rings (SSSR count). The van der Waals surface area contributed by atoms with Crippen LogP contribution >= 0.6 is 0 Å². The van der Waals surface area contributed by atoms with Gasteiger partial charge in [-0.15, -0.1) is 0 Å². The summed E-state index contributed by atoms with van der Waals surface area (Å²) in [6, 6.07) is 9.59. The summed E-state index contributed by atoms with van der Waals surface area (Å²) in [6.45, 7) is -0.472. The lowest BCUT2D eigenvalue weighted by atomic mass is 10.1. The molecule has 0 atom stereocenters. The third-order valence-electron chi connectivity index (χ3n) is 2.60. The molecule has 15 heavy (non-hydrogen) atoms. The van der Waals surface area contributed by atoms with Gasteiger partial charge in [0.15, 0.2) is 0 Å². The number of hydrogen-bond acceptors (Lipinski definition) is 1. The van der Waals surface area contributed by atoms with Crippen molar-refractivity contribution in [1.29, 1.82) is 0 Å². The minimum atomic E-state index is -0.472. The molecule has 0 saturated carbocycles. The third-order valence-corrected chi connectivity index (χ3v) is 2.60. The first kappa shape index (κ1) is 8.41. The highest BCUT2D eigenvalue weighted by molar-refractivity contribution is 6.03. The number of nitrogens with one attached hydrogen (secondary N) is 1. The van der Waals surface area contributed by atoms with Gasteiger partial charge in [0.2, 0.25) is 0 Å². The zero-order chi connectivity index (χ0) is 10.3. The van der Waals surface area contributed by atoms with Crippen LogP contribution in [0.2, 0.25) is 0 Å². The van der Waals surface area contributed by atoms with E-state index in [-0.39, 0.29) is 0 Å². The molecule has 0 fully saturated rings. The van der Waals surface area contributed by atoms with Gasteiger partial charge in [-0.05, 0) is 23.6 Å². The van der Waals surface area contributed by atoms with Crippen LogP contribution in [0.5, 0.6) is 0 Å². The van der Waals surface area contributed by atoms with Gasteiger partial charge in [0.1, 0.15) is 6.67 Å². The second-order valence-electron chi connectivity index (χ2n) is 3.52. The lowest BCUT2D eigenvalue weighted by molar-refractivity contribution is 0.477. The van der Waals surface area contributed by atoms with Crippen molar-refractivity contribution in [2.24, 2.45) is 0 Å². The van der Waals surface area contributed by atoms with Crippen molar-refractivity contribution in [3.63, 3.8) is 0 Å². The number of aromatic amines is 1. The largest absolute Gasteiger partial charge is 0.356 e. The maximum absolute atomic E-state index is 12.5. The summed E-state index contributed by atoms with van der Waals surface area (Å²) in [5, 5.41) is 2.12. The molecule has 0 bridgehead atoms. The number of fused-ring (bicyclic) bond motifs is 3. The Bertz CT molecular complexity index is 628. The molecule has 0 aliphatic heterocycles. The molecule has 3 aromatic rings. The maximum atomic E-state index is 12.5. The fourth-order valence-electron chi connectivity index (χ4n) is 1.85. The fraction of sp³-hybridized carbons (Fsp3) is 0.0833. The van der Waals surface area contributed by atoms with Crippen molar-refractivity contribution in [3.8, 4) is 0 Å². The predicted molar refractivity (Wildman–Crippen MR) is 58.4 cm³/mol. The minimum absolute atomic E-state index is 0.472. The number of aromatic nitrogens is 2. The Morgan fingerprint density at radius 1 is 1.13 bits per heavy atom. The second kappa shape index (κ2) is 3.05. The molecular weight excluding hydrogens is 191 g/mol. The van der Waals surface area contributed by atoms with E-state index in [4.69, 9.17) is 0 Å². The van der Waals surface area contributed by atoms with Crippen molar-refractivity contribution in [2.45, 2.75) is 6.67 Å². The van der Waals surface area contributed by atoms with Gasteiger partial charge < -0.3 is 4.98 Å². The molecule has 2 heterocycles. The van der Waals surface area contributed by atoms with Crippen molar-refractivity contribution in [1.82, 2.24) is 9.97 Å². The summed E-state index contributed by atoms with van der Waals surface area (Å²) < 4.78 is 12.5. The summed E-state index contributed by atoms with van der Waals surface area (Å²) in [4.78, 5) is 7.30. The molecule has 74 valence electrons. The number of hydrogen-bond donors (Lipinski definition) is 1. The number of rotatable bonds is 1. The number of alkyl halides is 1. The van der Waals surface area contributed by atoms with E-state index in [2.05, 4.69) is 9.97 Å². The SMILES string of the molecule is FCc1ccc2ccc3nccc3c2[nH]1. The maximum Gasteiger partial charge on any atom is 0.129 e. The van der Waals surface area contributed by atoms with Crippen molar-refractivity contribution < 1.29 is 4.39 Å². The summed E-state index contributed by atoms with van der Waals surface area (Å²) in [6.07, 6.45) is 1.76. The second-order valence-corrected chi connectivity index (χ2v) is 3.52. The molecule has 0 aliphatic rings. The Morgan fingerprint density at radius 3 is 2.87 bits per heavy atom. The molecular formula is C12H9FN2. The Kier molecular flexibility index (Phi) is 1.71. The van der Waals surface area contributed by atoms with E-state index in [0.29, 0.717) is 5.69 Å². The molecule has 0 aliphatic carbocycles. The first-order chi connectivity index (χ1) is 7.38. The Hall–Kier alpha value is -1.90. The highest BCUT2D eigenvalue weighted by Gasteiger charge is 2.02. The molecule has 0 amide bonds. The summed E-state index contributed by atoms with van der Waals surface area (Å²) in [5.41, 5.74) is 2.49. The number of H-pyrrole nitrogens is 1.